The molecule has 0 aliphatic heterocycles. The van der Waals surface area contributed by atoms with Gasteiger partial charge in [0.15, 0.2) is 23.0 Å². The first-order chi connectivity index (χ1) is 18.1. The van der Waals surface area contributed by atoms with E-state index in [1.165, 1.54) is 76.9 Å². The second-order valence-corrected chi connectivity index (χ2v) is 8.63. The molecule has 2 atom stereocenters. The van der Waals surface area contributed by atoms with Crippen molar-refractivity contribution in [1.29, 1.82) is 0 Å². The summed E-state index contributed by atoms with van der Waals surface area (Å²) in [5.74, 6) is -3.89. The summed E-state index contributed by atoms with van der Waals surface area (Å²) in [4.78, 5) is 29.7. The van der Waals surface area contributed by atoms with Gasteiger partial charge >= 0.3 is 5.97 Å². The molecule has 3 aromatic rings. The van der Waals surface area contributed by atoms with Crippen LogP contribution in [0.5, 0.6) is 23.0 Å². The molecule has 8 nitrogen and oxygen atoms in total. The number of aromatic hydroxyl groups is 1. The number of nitrogens with zero attached hydrogens (tertiary/aromatic N) is 1. The summed E-state index contributed by atoms with van der Waals surface area (Å²) in [7, 11) is 4.10. The maximum atomic E-state index is 14.0. The number of methoxy groups -OCH3 is 3. The second kappa shape index (κ2) is 12.4. The van der Waals surface area contributed by atoms with Crippen LogP contribution in [0, 0.1) is 17.6 Å². The first-order valence-electron chi connectivity index (χ1n) is 11.7. The van der Waals surface area contributed by atoms with E-state index in [-0.39, 0.29) is 29.4 Å². The van der Waals surface area contributed by atoms with Crippen LogP contribution in [0.25, 0.3) is 0 Å². The number of hydrogen-bond acceptors (Lipinski definition) is 8. The van der Waals surface area contributed by atoms with E-state index in [1.807, 2.05) is 0 Å². The number of benzene rings is 2. The van der Waals surface area contributed by atoms with Crippen molar-refractivity contribution in [3.8, 4) is 23.0 Å². The highest BCUT2D eigenvalue weighted by atomic mass is 19.1. The molecule has 10 heteroatoms. The molecular weight excluding hydrogens is 500 g/mol. The quantitative estimate of drug-likeness (QED) is 0.271. The van der Waals surface area contributed by atoms with Gasteiger partial charge in [0, 0.05) is 41.9 Å². The third-order valence-corrected chi connectivity index (χ3v) is 6.10. The number of rotatable bonds is 11. The van der Waals surface area contributed by atoms with Gasteiger partial charge in [-0.1, -0.05) is 19.1 Å². The monoisotopic (exact) mass is 529 g/mol. The van der Waals surface area contributed by atoms with E-state index >= 15 is 0 Å². The summed E-state index contributed by atoms with van der Waals surface area (Å²) in [6.45, 7) is 3.13. The zero-order valence-corrected chi connectivity index (χ0v) is 21.7. The molecular formula is C28H29F2NO7. The fraction of sp³-hybridized carbons (Fsp3) is 0.321. The van der Waals surface area contributed by atoms with Crippen LogP contribution in [0.1, 0.15) is 47.8 Å². The Morgan fingerprint density at radius 3 is 1.89 bits per heavy atom. The molecule has 0 aliphatic carbocycles. The minimum Gasteiger partial charge on any atom is -0.503 e. The molecule has 0 bridgehead atoms. The lowest BCUT2D eigenvalue weighted by Crippen LogP contribution is -2.28. The number of carbonyl (C=O) groups is 2. The number of pyridine rings is 1. The first kappa shape index (κ1) is 28.4. The average molecular weight is 530 g/mol. The molecule has 0 saturated carbocycles. The van der Waals surface area contributed by atoms with Crippen molar-refractivity contribution in [3.05, 3.63) is 77.1 Å². The molecule has 0 saturated heterocycles. The Morgan fingerprint density at radius 2 is 1.39 bits per heavy atom. The van der Waals surface area contributed by atoms with Gasteiger partial charge in [0.25, 0.3) is 0 Å². The fourth-order valence-electron chi connectivity index (χ4n) is 4.19. The van der Waals surface area contributed by atoms with Crippen molar-refractivity contribution in [1.82, 2.24) is 4.98 Å². The van der Waals surface area contributed by atoms with E-state index in [0.717, 1.165) is 0 Å². The van der Waals surface area contributed by atoms with Crippen LogP contribution in [0.2, 0.25) is 0 Å². The highest BCUT2D eigenvalue weighted by Crippen LogP contribution is 2.40. The maximum Gasteiger partial charge on any atom is 0.309 e. The predicted octanol–water partition coefficient (Wildman–Crippen LogP) is 5.06. The molecule has 1 N–H and O–H groups in total. The molecule has 0 fully saturated rings. The summed E-state index contributed by atoms with van der Waals surface area (Å²) in [5.41, 5.74) is 0.740. The van der Waals surface area contributed by atoms with Gasteiger partial charge in [-0.3, -0.25) is 9.59 Å². The van der Waals surface area contributed by atoms with Gasteiger partial charge in [-0.15, -0.1) is 0 Å². The van der Waals surface area contributed by atoms with Gasteiger partial charge in [-0.25, -0.2) is 13.8 Å². The van der Waals surface area contributed by atoms with Gasteiger partial charge in [-0.2, -0.15) is 0 Å². The van der Waals surface area contributed by atoms with E-state index in [0.29, 0.717) is 11.1 Å². The summed E-state index contributed by atoms with van der Waals surface area (Å²) < 4.78 is 49.4. The van der Waals surface area contributed by atoms with Crippen LogP contribution in [0.3, 0.4) is 0 Å². The summed E-state index contributed by atoms with van der Waals surface area (Å²) >= 11 is 0. The molecule has 0 unspecified atom stereocenters. The molecule has 38 heavy (non-hydrogen) atoms. The molecule has 202 valence electrons. The van der Waals surface area contributed by atoms with E-state index in [2.05, 4.69) is 4.98 Å². The average Bonchev–Trinajstić information content (AvgIpc) is 2.90. The molecule has 2 aromatic carbocycles. The molecule has 0 aliphatic rings. The highest BCUT2D eigenvalue weighted by molar-refractivity contribution is 5.99. The van der Waals surface area contributed by atoms with Gasteiger partial charge in [0.2, 0.25) is 0 Å². The number of halogens is 2. The lowest BCUT2D eigenvalue weighted by molar-refractivity contribution is -0.153. The fourth-order valence-corrected chi connectivity index (χ4v) is 4.19. The van der Waals surface area contributed by atoms with Crippen LogP contribution in [0.4, 0.5) is 8.78 Å². The van der Waals surface area contributed by atoms with Crippen molar-refractivity contribution in [2.75, 3.05) is 21.3 Å². The first-order valence-corrected chi connectivity index (χ1v) is 11.7. The maximum absolute atomic E-state index is 14.0. The lowest BCUT2D eigenvalue weighted by Gasteiger charge is -2.28. The van der Waals surface area contributed by atoms with Crippen LogP contribution in [-0.4, -0.2) is 49.3 Å². The smallest absolute Gasteiger partial charge is 0.309 e. The molecule has 1 heterocycles. The van der Waals surface area contributed by atoms with Gasteiger partial charge in [-0.05, 0) is 19.1 Å². The molecule has 0 amide bonds. The number of ketones is 1. The summed E-state index contributed by atoms with van der Waals surface area (Å²) in [6.07, 6.45) is 0.152. The number of ether oxygens (including phenoxy) is 4. The Balaban J connectivity index is 1.89. The Morgan fingerprint density at radius 1 is 0.868 bits per heavy atom. The minimum absolute atomic E-state index is 0.0801. The topological polar surface area (TPSA) is 104 Å². The van der Waals surface area contributed by atoms with Crippen molar-refractivity contribution in [3.63, 3.8) is 0 Å². The third kappa shape index (κ3) is 6.19. The number of Topliss-reactive ketones (excluding diaryl/α,β-unsaturated/α-hetero) is 1. The summed E-state index contributed by atoms with van der Waals surface area (Å²) in [5, 5.41) is 10.2. The Kier molecular flexibility index (Phi) is 9.22. The van der Waals surface area contributed by atoms with E-state index < -0.39 is 47.1 Å². The number of aromatic nitrogens is 1. The minimum atomic E-state index is -0.900. The van der Waals surface area contributed by atoms with Gasteiger partial charge in [0.05, 0.1) is 33.2 Å². The zero-order valence-electron chi connectivity index (χ0n) is 21.7. The molecule has 1 aromatic heterocycles. The SMILES string of the molecule is COc1cc(F)ccc1C(c1ccc(F)cc1OC)[C@H](C)OC(=O)[C@H](C)CC(=O)c1nccc(OC)c1O. The van der Waals surface area contributed by atoms with Crippen molar-refractivity contribution in [2.45, 2.75) is 32.3 Å². The third-order valence-electron chi connectivity index (χ3n) is 6.10. The van der Waals surface area contributed by atoms with Gasteiger partial charge in [0.1, 0.15) is 29.2 Å². The normalized spacial score (nSPS) is 12.5. The molecule has 0 radical (unpaired) electrons. The molecule has 0 spiro atoms. The van der Waals surface area contributed by atoms with Crippen molar-refractivity contribution < 1.29 is 42.4 Å². The predicted molar refractivity (Wildman–Crippen MR) is 134 cm³/mol. The van der Waals surface area contributed by atoms with E-state index in [4.69, 9.17) is 18.9 Å². The van der Waals surface area contributed by atoms with Crippen molar-refractivity contribution in [2.24, 2.45) is 5.92 Å². The number of esters is 1. The zero-order chi connectivity index (χ0) is 28.0. The van der Waals surface area contributed by atoms with E-state index in [9.17, 15) is 23.5 Å². The Labute approximate surface area is 219 Å². The second-order valence-electron chi connectivity index (χ2n) is 8.63. The Bertz CT molecular complexity index is 1260. The van der Waals surface area contributed by atoms with Crippen LogP contribution in [0.15, 0.2) is 48.7 Å². The van der Waals surface area contributed by atoms with Gasteiger partial charge < -0.3 is 24.1 Å². The largest absolute Gasteiger partial charge is 0.503 e. The Hall–Kier alpha value is -4.21. The van der Waals surface area contributed by atoms with E-state index in [1.54, 1.807) is 6.92 Å². The van der Waals surface area contributed by atoms with Crippen LogP contribution in [-0.2, 0) is 9.53 Å². The number of hydrogen-bond donors (Lipinski definition) is 1. The highest BCUT2D eigenvalue weighted by Gasteiger charge is 2.32. The summed E-state index contributed by atoms with van der Waals surface area (Å²) in [6, 6.07) is 9.27. The molecule has 3 rings (SSSR count). The standard InChI is InChI=1S/C28H29F2NO7/c1-15(12-21(32)26-27(33)22(35-3)10-11-31-26)28(34)38-16(2)25(19-8-6-17(29)13-23(19)36-4)20-9-7-18(30)14-24(20)37-5/h6-11,13-16,25,33H,12H2,1-5H3/t15-,16+/m1/s1. The lowest BCUT2D eigenvalue weighted by atomic mass is 9.85. The van der Waals surface area contributed by atoms with Crippen LogP contribution < -0.4 is 14.2 Å². The van der Waals surface area contributed by atoms with Crippen molar-refractivity contribution >= 4 is 11.8 Å². The number of carbonyl (C=O) groups excluding carboxylic acids is 2. The van der Waals surface area contributed by atoms with Crippen LogP contribution >= 0.6 is 0 Å².